The number of rotatable bonds is 8. The molecule has 0 radical (unpaired) electrons. The second-order valence-electron chi connectivity index (χ2n) is 5.43. The summed E-state index contributed by atoms with van der Waals surface area (Å²) in [5, 5.41) is 3.24. The molecular formula is C15H31IN4O3. The van der Waals surface area contributed by atoms with E-state index in [1.165, 1.54) is 0 Å². The van der Waals surface area contributed by atoms with Crippen molar-refractivity contribution in [3.63, 3.8) is 0 Å². The number of nitrogens with two attached hydrogens (primary N) is 1. The van der Waals surface area contributed by atoms with E-state index in [1.807, 2.05) is 6.92 Å². The Bertz CT molecular complexity index is 348. The fourth-order valence-electron chi connectivity index (χ4n) is 2.41. The van der Waals surface area contributed by atoms with Crippen LogP contribution in [0.1, 0.15) is 39.0 Å². The second kappa shape index (κ2) is 13.6. The number of ether oxygens (including phenoxy) is 2. The average Bonchev–Trinajstić information content (AvgIpc) is 2.51. The van der Waals surface area contributed by atoms with Crippen LogP contribution in [0, 0.1) is 0 Å². The lowest BCUT2D eigenvalue weighted by Gasteiger charge is -2.31. The first-order chi connectivity index (χ1) is 10.7. The quantitative estimate of drug-likeness (QED) is 0.260. The van der Waals surface area contributed by atoms with E-state index < -0.39 is 0 Å². The van der Waals surface area contributed by atoms with Gasteiger partial charge in [0.05, 0.1) is 6.61 Å². The van der Waals surface area contributed by atoms with Crippen molar-refractivity contribution in [1.29, 1.82) is 0 Å². The minimum absolute atomic E-state index is 0. The highest BCUT2D eigenvalue weighted by Gasteiger charge is 2.23. The van der Waals surface area contributed by atoms with Crippen LogP contribution in [0.5, 0.6) is 0 Å². The normalized spacial score (nSPS) is 15.9. The van der Waals surface area contributed by atoms with E-state index >= 15 is 0 Å². The van der Waals surface area contributed by atoms with Crippen molar-refractivity contribution in [1.82, 2.24) is 10.2 Å². The molecule has 0 atom stereocenters. The second-order valence-corrected chi connectivity index (χ2v) is 5.43. The van der Waals surface area contributed by atoms with Gasteiger partial charge in [-0.15, -0.1) is 24.0 Å². The molecule has 1 amide bonds. The average molecular weight is 442 g/mol. The summed E-state index contributed by atoms with van der Waals surface area (Å²) in [4.78, 5) is 17.7. The molecule has 136 valence electrons. The van der Waals surface area contributed by atoms with E-state index in [0.29, 0.717) is 25.7 Å². The van der Waals surface area contributed by atoms with Crippen molar-refractivity contribution < 1.29 is 14.3 Å². The van der Waals surface area contributed by atoms with Crippen LogP contribution in [0.25, 0.3) is 0 Å². The standard InChI is InChI=1S/C15H30N4O3.HI/c1-3-22-15(20)19-10-7-13(8-11-19)18-14(16)17-9-5-4-6-12-21-2;/h13H,3-12H2,1-2H3,(H3,16,17,18);1H. The SMILES string of the molecule is CCOC(=O)N1CCC(NC(N)=NCCCCCOC)CC1.I. The Balaban J connectivity index is 0.00000484. The number of carbonyl (C=O) groups is 1. The van der Waals surface area contributed by atoms with Gasteiger partial charge in [-0.05, 0) is 39.0 Å². The summed E-state index contributed by atoms with van der Waals surface area (Å²) in [7, 11) is 1.72. The van der Waals surface area contributed by atoms with Crippen LogP contribution >= 0.6 is 24.0 Å². The summed E-state index contributed by atoms with van der Waals surface area (Å²) in [6.45, 7) is 5.17. The van der Waals surface area contributed by atoms with Gasteiger partial charge in [0, 0.05) is 39.4 Å². The number of hydrogen-bond donors (Lipinski definition) is 2. The number of amides is 1. The molecule has 0 spiro atoms. The van der Waals surface area contributed by atoms with Gasteiger partial charge < -0.3 is 25.4 Å². The van der Waals surface area contributed by atoms with E-state index in [9.17, 15) is 4.79 Å². The Labute approximate surface area is 156 Å². The van der Waals surface area contributed by atoms with Crippen molar-refractivity contribution in [3.05, 3.63) is 0 Å². The number of likely N-dealkylation sites (tertiary alicyclic amines) is 1. The number of halogens is 1. The fourth-order valence-corrected chi connectivity index (χ4v) is 2.41. The van der Waals surface area contributed by atoms with E-state index in [2.05, 4.69) is 10.3 Å². The predicted molar refractivity (Wildman–Crippen MR) is 102 cm³/mol. The molecule has 7 nitrogen and oxygen atoms in total. The molecule has 1 heterocycles. The molecule has 0 unspecified atom stereocenters. The predicted octanol–water partition coefficient (Wildman–Crippen LogP) is 1.95. The zero-order valence-corrected chi connectivity index (χ0v) is 16.6. The first kappa shape index (κ1) is 22.2. The third kappa shape index (κ3) is 9.85. The molecule has 1 rings (SSSR count). The number of piperidine rings is 1. The van der Waals surface area contributed by atoms with Crippen molar-refractivity contribution in [2.45, 2.75) is 45.1 Å². The molecule has 0 bridgehead atoms. The van der Waals surface area contributed by atoms with Gasteiger partial charge in [-0.25, -0.2) is 4.79 Å². The lowest BCUT2D eigenvalue weighted by Crippen LogP contribution is -2.48. The van der Waals surface area contributed by atoms with Crippen molar-refractivity contribution in [2.75, 3.05) is 40.0 Å². The van der Waals surface area contributed by atoms with Gasteiger partial charge in [0.15, 0.2) is 5.96 Å². The number of aliphatic imine (C=N–C) groups is 1. The first-order valence-corrected chi connectivity index (χ1v) is 8.14. The summed E-state index contributed by atoms with van der Waals surface area (Å²) >= 11 is 0. The number of carbonyl (C=O) groups excluding carboxylic acids is 1. The Morgan fingerprint density at radius 3 is 2.61 bits per heavy atom. The third-order valence-electron chi connectivity index (χ3n) is 3.66. The summed E-state index contributed by atoms with van der Waals surface area (Å²) in [5.41, 5.74) is 5.90. The van der Waals surface area contributed by atoms with Crippen LogP contribution in [-0.4, -0.2) is 63.0 Å². The molecule has 0 aromatic heterocycles. The number of methoxy groups -OCH3 is 1. The van der Waals surface area contributed by atoms with Crippen LogP contribution in [0.3, 0.4) is 0 Å². The van der Waals surface area contributed by atoms with Gasteiger partial charge in [0.2, 0.25) is 0 Å². The third-order valence-corrected chi connectivity index (χ3v) is 3.66. The maximum atomic E-state index is 11.6. The van der Waals surface area contributed by atoms with Crippen LogP contribution in [-0.2, 0) is 9.47 Å². The van der Waals surface area contributed by atoms with E-state index in [-0.39, 0.29) is 36.1 Å². The number of nitrogens with one attached hydrogen (secondary N) is 1. The minimum atomic E-state index is -0.223. The Hall–Kier alpha value is -0.770. The van der Waals surface area contributed by atoms with Crippen LogP contribution in [0.15, 0.2) is 4.99 Å². The Morgan fingerprint density at radius 2 is 2.00 bits per heavy atom. The highest BCUT2D eigenvalue weighted by molar-refractivity contribution is 14.0. The fraction of sp³-hybridized carbons (Fsp3) is 0.867. The molecule has 1 aliphatic rings. The zero-order valence-electron chi connectivity index (χ0n) is 14.3. The van der Waals surface area contributed by atoms with Gasteiger partial charge in [-0.1, -0.05) is 0 Å². The molecule has 0 saturated carbocycles. The van der Waals surface area contributed by atoms with Crippen molar-refractivity contribution in [2.24, 2.45) is 10.7 Å². The molecule has 1 saturated heterocycles. The van der Waals surface area contributed by atoms with Crippen LogP contribution in [0.4, 0.5) is 4.79 Å². The molecule has 1 aliphatic heterocycles. The highest BCUT2D eigenvalue weighted by Crippen LogP contribution is 2.11. The van der Waals surface area contributed by atoms with Gasteiger partial charge in [-0.2, -0.15) is 0 Å². The number of guanidine groups is 1. The molecule has 23 heavy (non-hydrogen) atoms. The Morgan fingerprint density at radius 1 is 1.30 bits per heavy atom. The molecule has 1 fully saturated rings. The number of unbranched alkanes of at least 4 members (excludes halogenated alkanes) is 2. The molecule has 0 aromatic carbocycles. The zero-order chi connectivity index (χ0) is 16.2. The van der Waals surface area contributed by atoms with Gasteiger partial charge in [-0.3, -0.25) is 4.99 Å². The lowest BCUT2D eigenvalue weighted by atomic mass is 10.1. The van der Waals surface area contributed by atoms with Crippen LogP contribution < -0.4 is 11.1 Å². The summed E-state index contributed by atoms with van der Waals surface area (Å²) < 4.78 is 10.0. The summed E-state index contributed by atoms with van der Waals surface area (Å²) in [5.74, 6) is 0.501. The van der Waals surface area contributed by atoms with Crippen molar-refractivity contribution >= 4 is 36.0 Å². The molecule has 8 heteroatoms. The van der Waals surface area contributed by atoms with Crippen LogP contribution in [0.2, 0.25) is 0 Å². The highest BCUT2D eigenvalue weighted by atomic mass is 127. The molecule has 3 N–H and O–H groups in total. The molecular weight excluding hydrogens is 411 g/mol. The Kier molecular flexibility index (Phi) is 13.2. The minimum Gasteiger partial charge on any atom is -0.450 e. The van der Waals surface area contributed by atoms with E-state index in [0.717, 1.165) is 45.3 Å². The number of hydrogen-bond acceptors (Lipinski definition) is 4. The van der Waals surface area contributed by atoms with E-state index in [1.54, 1.807) is 12.0 Å². The number of nitrogens with zero attached hydrogens (tertiary/aromatic N) is 2. The largest absolute Gasteiger partial charge is 0.450 e. The lowest BCUT2D eigenvalue weighted by molar-refractivity contribution is 0.0963. The monoisotopic (exact) mass is 442 g/mol. The smallest absolute Gasteiger partial charge is 0.409 e. The van der Waals surface area contributed by atoms with Gasteiger partial charge in [0.1, 0.15) is 0 Å². The molecule has 0 aliphatic carbocycles. The van der Waals surface area contributed by atoms with E-state index in [4.69, 9.17) is 15.2 Å². The van der Waals surface area contributed by atoms with Gasteiger partial charge in [0.25, 0.3) is 0 Å². The molecule has 0 aromatic rings. The first-order valence-electron chi connectivity index (χ1n) is 8.14. The topological polar surface area (TPSA) is 89.2 Å². The summed E-state index contributed by atoms with van der Waals surface area (Å²) in [6.07, 6.45) is 4.69. The van der Waals surface area contributed by atoms with Gasteiger partial charge >= 0.3 is 6.09 Å². The maximum absolute atomic E-state index is 11.6. The van der Waals surface area contributed by atoms with Crippen molar-refractivity contribution in [3.8, 4) is 0 Å². The summed E-state index contributed by atoms with van der Waals surface area (Å²) in [6, 6.07) is 0.280. The maximum Gasteiger partial charge on any atom is 0.409 e.